The molecule has 0 radical (unpaired) electrons. The lowest BCUT2D eigenvalue weighted by Gasteiger charge is -2.12. The number of anilines is 1. The van der Waals surface area contributed by atoms with Crippen molar-refractivity contribution in [3.63, 3.8) is 0 Å². The van der Waals surface area contributed by atoms with Gasteiger partial charge in [0.15, 0.2) is 5.82 Å². The smallest absolute Gasteiger partial charge is 0.152 e. The van der Waals surface area contributed by atoms with Gasteiger partial charge in [0.25, 0.3) is 0 Å². The van der Waals surface area contributed by atoms with Crippen molar-refractivity contribution in [2.45, 2.75) is 11.8 Å². The van der Waals surface area contributed by atoms with Crippen LogP contribution in [-0.2, 0) is 0 Å². The molecule has 0 bridgehead atoms. The summed E-state index contributed by atoms with van der Waals surface area (Å²) in [5, 5.41) is 0. The number of benzene rings is 2. The third-order valence-corrected chi connectivity index (χ3v) is 3.82. The van der Waals surface area contributed by atoms with E-state index in [1.807, 2.05) is 0 Å². The fourth-order valence-corrected chi connectivity index (χ4v) is 2.52. The van der Waals surface area contributed by atoms with Crippen LogP contribution in [0.4, 0.5) is 14.5 Å². The Hall–Kier alpha value is -1.95. The molecule has 2 aromatic rings. The summed E-state index contributed by atoms with van der Waals surface area (Å²) in [5.74, 6) is 0.120. The maximum atomic E-state index is 13.9. The van der Waals surface area contributed by atoms with Crippen LogP contribution >= 0.6 is 11.9 Å². The van der Waals surface area contributed by atoms with Gasteiger partial charge >= 0.3 is 0 Å². The molecule has 2 aromatic carbocycles. The zero-order valence-electron chi connectivity index (χ0n) is 11.9. The molecule has 0 atom stereocenters. The van der Waals surface area contributed by atoms with E-state index in [1.54, 1.807) is 32.4 Å². The van der Waals surface area contributed by atoms with Crippen LogP contribution in [0.3, 0.4) is 0 Å². The van der Waals surface area contributed by atoms with E-state index in [2.05, 4.69) is 4.72 Å². The van der Waals surface area contributed by atoms with Crippen molar-refractivity contribution in [3.05, 3.63) is 47.5 Å². The monoisotopic (exact) mass is 311 g/mol. The molecule has 0 heterocycles. The highest BCUT2D eigenvalue weighted by Gasteiger charge is 2.11. The van der Waals surface area contributed by atoms with Gasteiger partial charge in [-0.2, -0.15) is 0 Å². The number of nitrogens with one attached hydrogen (secondary N) is 1. The summed E-state index contributed by atoms with van der Waals surface area (Å²) in [6.07, 6.45) is 0. The predicted molar refractivity (Wildman–Crippen MR) is 80.1 cm³/mol. The Labute approximate surface area is 126 Å². The molecule has 0 saturated heterocycles. The Morgan fingerprint density at radius 1 is 1.05 bits per heavy atom. The molecular weight excluding hydrogens is 296 g/mol. The van der Waals surface area contributed by atoms with Gasteiger partial charge in [-0.25, -0.2) is 8.78 Å². The minimum Gasteiger partial charge on any atom is -0.497 e. The van der Waals surface area contributed by atoms with E-state index in [4.69, 9.17) is 9.47 Å². The first-order valence-corrected chi connectivity index (χ1v) is 6.98. The fraction of sp³-hybridized carbons (Fsp3) is 0.200. The lowest BCUT2D eigenvalue weighted by atomic mass is 10.2. The number of hydrogen-bond acceptors (Lipinski definition) is 4. The van der Waals surface area contributed by atoms with E-state index < -0.39 is 11.6 Å². The molecule has 0 aliphatic heterocycles. The van der Waals surface area contributed by atoms with Crippen LogP contribution in [0.1, 0.15) is 5.56 Å². The molecule has 0 aromatic heterocycles. The molecule has 0 fully saturated rings. The number of hydrogen-bond donors (Lipinski definition) is 1. The molecule has 6 heteroatoms. The molecule has 1 N–H and O–H groups in total. The van der Waals surface area contributed by atoms with Crippen molar-refractivity contribution in [2.75, 3.05) is 18.9 Å². The maximum absolute atomic E-state index is 13.9. The summed E-state index contributed by atoms with van der Waals surface area (Å²) in [6.45, 7) is 1.40. The first-order valence-electron chi connectivity index (χ1n) is 6.16. The zero-order chi connectivity index (χ0) is 15.4. The summed E-state index contributed by atoms with van der Waals surface area (Å²) in [6, 6.07) is 7.88. The predicted octanol–water partition coefficient (Wildman–Crippen LogP) is 4.41. The Balaban J connectivity index is 2.22. The van der Waals surface area contributed by atoms with Gasteiger partial charge in [-0.3, -0.25) is 0 Å². The van der Waals surface area contributed by atoms with E-state index in [0.29, 0.717) is 11.5 Å². The Bertz CT molecular complexity index is 650. The summed E-state index contributed by atoms with van der Waals surface area (Å²) in [7, 11) is 3.11. The van der Waals surface area contributed by atoms with Crippen LogP contribution in [-0.4, -0.2) is 14.2 Å². The number of ether oxygens (including phenoxy) is 2. The molecular formula is C15H15F2NO2S. The van der Waals surface area contributed by atoms with Gasteiger partial charge in [0.2, 0.25) is 0 Å². The van der Waals surface area contributed by atoms with Crippen LogP contribution in [0.15, 0.2) is 35.2 Å². The largest absolute Gasteiger partial charge is 0.497 e. The quantitative estimate of drug-likeness (QED) is 0.829. The van der Waals surface area contributed by atoms with E-state index in [0.717, 1.165) is 4.90 Å². The molecule has 112 valence electrons. The van der Waals surface area contributed by atoms with Crippen molar-refractivity contribution in [3.8, 4) is 11.5 Å². The van der Waals surface area contributed by atoms with Crippen LogP contribution in [0.5, 0.6) is 11.5 Å². The van der Waals surface area contributed by atoms with Crippen LogP contribution in [0.2, 0.25) is 0 Å². The first-order chi connectivity index (χ1) is 10.1. The van der Waals surface area contributed by atoms with Crippen LogP contribution < -0.4 is 14.2 Å². The summed E-state index contributed by atoms with van der Waals surface area (Å²) in [4.78, 5) is 0.734. The zero-order valence-corrected chi connectivity index (χ0v) is 12.7. The topological polar surface area (TPSA) is 30.5 Å². The van der Waals surface area contributed by atoms with E-state index in [9.17, 15) is 8.78 Å². The van der Waals surface area contributed by atoms with Crippen molar-refractivity contribution >= 4 is 17.6 Å². The molecule has 0 aliphatic carbocycles. The Kier molecular flexibility index (Phi) is 4.90. The third-order valence-electron chi connectivity index (χ3n) is 2.96. The Morgan fingerprint density at radius 2 is 1.81 bits per heavy atom. The van der Waals surface area contributed by atoms with Crippen molar-refractivity contribution in [1.29, 1.82) is 0 Å². The second-order valence-corrected chi connectivity index (χ2v) is 5.10. The van der Waals surface area contributed by atoms with Gasteiger partial charge < -0.3 is 14.2 Å². The average Bonchev–Trinajstić information content (AvgIpc) is 2.51. The molecule has 2 rings (SSSR count). The SMILES string of the molecule is COc1ccc(OC)c(SNc2ccc(F)c(C)c2F)c1. The minimum absolute atomic E-state index is 0.0155. The summed E-state index contributed by atoms with van der Waals surface area (Å²) in [5.41, 5.74) is 0.196. The third kappa shape index (κ3) is 3.39. The molecule has 0 saturated carbocycles. The summed E-state index contributed by atoms with van der Waals surface area (Å²) < 4.78 is 40.4. The standard InChI is InChI=1S/C15H15F2NO2S/c1-9-11(16)5-6-12(15(9)17)18-21-14-8-10(19-2)4-7-13(14)20-3/h4-8,18H,1-3H3. The number of methoxy groups -OCH3 is 2. The summed E-state index contributed by atoms with van der Waals surface area (Å²) >= 11 is 1.17. The fourth-order valence-electron chi connectivity index (χ4n) is 1.71. The van der Waals surface area contributed by atoms with E-state index in [-0.39, 0.29) is 11.3 Å². The lowest BCUT2D eigenvalue weighted by Crippen LogP contribution is -1.97. The van der Waals surface area contributed by atoms with Crippen molar-refractivity contribution in [1.82, 2.24) is 0 Å². The van der Waals surface area contributed by atoms with Gasteiger partial charge in [-0.1, -0.05) is 0 Å². The van der Waals surface area contributed by atoms with Crippen molar-refractivity contribution < 1.29 is 18.3 Å². The van der Waals surface area contributed by atoms with Crippen LogP contribution in [0.25, 0.3) is 0 Å². The van der Waals surface area contributed by atoms with Crippen LogP contribution in [0, 0.1) is 18.6 Å². The minimum atomic E-state index is -0.607. The Morgan fingerprint density at radius 3 is 2.48 bits per heavy atom. The molecule has 0 unspecified atom stereocenters. The molecule has 0 amide bonds. The van der Waals surface area contributed by atoms with Gasteiger partial charge in [0.1, 0.15) is 17.3 Å². The molecule has 0 spiro atoms. The van der Waals surface area contributed by atoms with E-state index in [1.165, 1.54) is 31.0 Å². The maximum Gasteiger partial charge on any atom is 0.152 e. The van der Waals surface area contributed by atoms with Crippen molar-refractivity contribution in [2.24, 2.45) is 0 Å². The van der Waals surface area contributed by atoms with Gasteiger partial charge in [-0.05, 0) is 49.2 Å². The molecule has 3 nitrogen and oxygen atoms in total. The molecule has 21 heavy (non-hydrogen) atoms. The highest BCUT2D eigenvalue weighted by atomic mass is 32.2. The lowest BCUT2D eigenvalue weighted by molar-refractivity contribution is 0.394. The van der Waals surface area contributed by atoms with E-state index >= 15 is 0 Å². The average molecular weight is 311 g/mol. The molecule has 0 aliphatic rings. The normalized spacial score (nSPS) is 10.3. The van der Waals surface area contributed by atoms with Gasteiger partial charge in [0, 0.05) is 5.56 Å². The first kappa shape index (κ1) is 15.4. The second kappa shape index (κ2) is 6.67. The number of halogens is 2. The highest BCUT2D eigenvalue weighted by Crippen LogP contribution is 2.34. The number of rotatable bonds is 5. The van der Waals surface area contributed by atoms with Gasteiger partial charge in [-0.15, -0.1) is 0 Å². The second-order valence-electron chi connectivity index (χ2n) is 4.25. The van der Waals surface area contributed by atoms with Gasteiger partial charge in [0.05, 0.1) is 24.8 Å². The highest BCUT2D eigenvalue weighted by molar-refractivity contribution is 8.00.